The van der Waals surface area contributed by atoms with Crippen LogP contribution in [0.4, 0.5) is 13.2 Å². The zero-order chi connectivity index (χ0) is 11.1. The zero-order valence-corrected chi connectivity index (χ0v) is 8.23. The molecule has 1 aliphatic carbocycles. The lowest BCUT2D eigenvalue weighted by Crippen LogP contribution is -2.14. The Morgan fingerprint density at radius 2 is 2.13 bits per heavy atom. The Morgan fingerprint density at radius 3 is 2.73 bits per heavy atom. The van der Waals surface area contributed by atoms with E-state index >= 15 is 0 Å². The summed E-state index contributed by atoms with van der Waals surface area (Å²) >= 11 is 0. The summed E-state index contributed by atoms with van der Waals surface area (Å²) in [6.45, 7) is 0. The molecule has 15 heavy (non-hydrogen) atoms. The van der Waals surface area contributed by atoms with E-state index in [-0.39, 0.29) is 6.04 Å². The molecule has 0 spiro atoms. The Balaban J connectivity index is 2.37. The smallest absolute Gasteiger partial charge is 0.313 e. The number of aromatic nitrogens is 1. The van der Waals surface area contributed by atoms with Gasteiger partial charge in [-0.2, -0.15) is 13.2 Å². The lowest BCUT2D eigenvalue weighted by molar-refractivity contribution is -0.141. The highest BCUT2D eigenvalue weighted by Gasteiger charge is 2.34. The van der Waals surface area contributed by atoms with E-state index in [9.17, 15) is 13.2 Å². The van der Waals surface area contributed by atoms with Crippen LogP contribution in [0.3, 0.4) is 0 Å². The Hall–Kier alpha value is -1.10. The van der Waals surface area contributed by atoms with E-state index in [1.54, 1.807) is 7.05 Å². The van der Waals surface area contributed by atoms with Crippen LogP contribution in [-0.2, 0) is 12.6 Å². The van der Waals surface area contributed by atoms with Gasteiger partial charge in [0.2, 0.25) is 0 Å². The summed E-state index contributed by atoms with van der Waals surface area (Å²) in [4.78, 5) is 3.66. The van der Waals surface area contributed by atoms with Crippen LogP contribution in [0.15, 0.2) is 12.1 Å². The lowest BCUT2D eigenvalue weighted by atomic mass is 10.1. The van der Waals surface area contributed by atoms with Gasteiger partial charge in [0, 0.05) is 11.7 Å². The van der Waals surface area contributed by atoms with Gasteiger partial charge in [-0.25, -0.2) is 4.98 Å². The molecule has 1 heterocycles. The quantitative estimate of drug-likeness (QED) is 0.779. The normalized spacial score (nSPS) is 20.4. The Labute approximate surface area is 85.5 Å². The first-order chi connectivity index (χ1) is 7.02. The highest BCUT2D eigenvalue weighted by atomic mass is 19.4. The maximum atomic E-state index is 12.4. The molecule has 0 saturated heterocycles. The van der Waals surface area contributed by atoms with Crippen molar-refractivity contribution in [3.63, 3.8) is 0 Å². The van der Waals surface area contributed by atoms with Gasteiger partial charge < -0.3 is 5.32 Å². The fraction of sp³-hybridized carbons (Fsp3) is 0.500. The molecule has 5 heteroatoms. The molecule has 0 aliphatic heterocycles. The van der Waals surface area contributed by atoms with Crippen LogP contribution in [-0.4, -0.2) is 12.0 Å². The molecule has 2 rings (SSSR count). The summed E-state index contributed by atoms with van der Waals surface area (Å²) in [7, 11) is 1.80. The number of halogens is 3. The average Bonchev–Trinajstić information content (AvgIpc) is 2.58. The summed E-state index contributed by atoms with van der Waals surface area (Å²) in [5.41, 5.74) is 0.674. The van der Waals surface area contributed by atoms with Gasteiger partial charge in [0.1, 0.15) is 5.69 Å². The molecule has 1 aromatic rings. The Kier molecular flexibility index (Phi) is 2.42. The van der Waals surface area contributed by atoms with E-state index in [0.29, 0.717) is 12.1 Å². The van der Waals surface area contributed by atoms with Crippen LogP contribution in [0.25, 0.3) is 0 Å². The molecule has 1 N–H and O–H groups in total. The molecule has 0 fully saturated rings. The van der Waals surface area contributed by atoms with Crippen LogP contribution in [0.1, 0.15) is 29.4 Å². The van der Waals surface area contributed by atoms with Gasteiger partial charge in [-0.05, 0) is 31.5 Å². The highest BCUT2D eigenvalue weighted by Crippen LogP contribution is 2.33. The maximum Gasteiger partial charge on any atom is 0.433 e. The van der Waals surface area contributed by atoms with Crippen molar-refractivity contribution in [1.29, 1.82) is 0 Å². The summed E-state index contributed by atoms with van der Waals surface area (Å²) < 4.78 is 37.1. The van der Waals surface area contributed by atoms with Crippen LogP contribution < -0.4 is 5.32 Å². The minimum Gasteiger partial charge on any atom is -0.313 e. The molecule has 1 aliphatic rings. The van der Waals surface area contributed by atoms with E-state index < -0.39 is 11.9 Å². The number of hydrogen-bond acceptors (Lipinski definition) is 2. The lowest BCUT2D eigenvalue weighted by Gasteiger charge is -2.11. The van der Waals surface area contributed by atoms with Crippen molar-refractivity contribution < 1.29 is 13.2 Å². The minimum atomic E-state index is -4.34. The Morgan fingerprint density at radius 1 is 1.40 bits per heavy atom. The van der Waals surface area contributed by atoms with E-state index in [1.807, 2.05) is 0 Å². The molecule has 0 aromatic carbocycles. The number of hydrogen-bond donors (Lipinski definition) is 1. The number of alkyl halides is 3. The molecule has 0 radical (unpaired) electrons. The van der Waals surface area contributed by atoms with Crippen molar-refractivity contribution in [3.8, 4) is 0 Å². The topological polar surface area (TPSA) is 24.9 Å². The predicted molar refractivity (Wildman–Crippen MR) is 49.4 cm³/mol. The third kappa shape index (κ3) is 1.84. The van der Waals surface area contributed by atoms with Crippen LogP contribution in [0.5, 0.6) is 0 Å². The number of fused-ring (bicyclic) bond motifs is 1. The second-order valence-electron chi connectivity index (χ2n) is 3.61. The first-order valence-corrected chi connectivity index (χ1v) is 4.76. The molecule has 0 bridgehead atoms. The number of nitrogens with zero attached hydrogens (tertiary/aromatic N) is 1. The monoisotopic (exact) mass is 216 g/mol. The number of aryl methyl sites for hydroxylation is 1. The van der Waals surface area contributed by atoms with Crippen molar-refractivity contribution in [2.45, 2.75) is 25.1 Å². The summed E-state index contributed by atoms with van der Waals surface area (Å²) in [6, 6.07) is 2.73. The largest absolute Gasteiger partial charge is 0.433 e. The molecule has 1 aromatic heterocycles. The van der Waals surface area contributed by atoms with Crippen LogP contribution in [0, 0.1) is 0 Å². The second kappa shape index (κ2) is 3.48. The summed E-state index contributed by atoms with van der Waals surface area (Å²) in [6.07, 6.45) is -2.91. The van der Waals surface area contributed by atoms with E-state index in [1.165, 1.54) is 6.07 Å². The van der Waals surface area contributed by atoms with Crippen molar-refractivity contribution >= 4 is 0 Å². The van der Waals surface area contributed by atoms with Gasteiger partial charge in [0.15, 0.2) is 0 Å². The molecule has 2 nitrogen and oxygen atoms in total. The van der Waals surface area contributed by atoms with Gasteiger partial charge in [0.05, 0.1) is 0 Å². The van der Waals surface area contributed by atoms with Crippen molar-refractivity contribution in [2.24, 2.45) is 0 Å². The van der Waals surface area contributed by atoms with Crippen LogP contribution in [0.2, 0.25) is 0 Å². The fourth-order valence-corrected chi connectivity index (χ4v) is 1.92. The number of pyridine rings is 1. The van der Waals surface area contributed by atoms with Gasteiger partial charge in [0.25, 0.3) is 0 Å². The molecule has 82 valence electrons. The van der Waals surface area contributed by atoms with Crippen molar-refractivity contribution in [1.82, 2.24) is 10.3 Å². The first kappa shape index (κ1) is 10.4. The van der Waals surface area contributed by atoms with E-state index in [4.69, 9.17) is 0 Å². The highest BCUT2D eigenvalue weighted by molar-refractivity contribution is 5.31. The SMILES string of the molecule is CN[C@@H]1CCc2nc(C(F)(F)F)ccc21. The zero-order valence-electron chi connectivity index (χ0n) is 8.23. The fourth-order valence-electron chi connectivity index (χ4n) is 1.92. The molecular formula is C10H11F3N2. The average molecular weight is 216 g/mol. The van der Waals surface area contributed by atoms with Crippen molar-refractivity contribution in [3.05, 3.63) is 29.1 Å². The molecular weight excluding hydrogens is 205 g/mol. The molecule has 0 unspecified atom stereocenters. The second-order valence-corrected chi connectivity index (χ2v) is 3.61. The molecule has 1 atom stereocenters. The van der Waals surface area contributed by atoms with Gasteiger partial charge >= 0.3 is 6.18 Å². The number of rotatable bonds is 1. The third-order valence-electron chi connectivity index (χ3n) is 2.69. The standard InChI is InChI=1S/C10H11F3N2/c1-14-7-3-4-8-6(7)2-5-9(15-8)10(11,12)13/h2,5,7,14H,3-4H2,1H3/t7-/m1/s1. The molecule has 0 amide bonds. The predicted octanol–water partition coefficient (Wildman–Crippen LogP) is 2.31. The Bertz CT molecular complexity index is 373. The van der Waals surface area contributed by atoms with Gasteiger partial charge in [-0.15, -0.1) is 0 Å². The maximum absolute atomic E-state index is 12.4. The summed E-state index contributed by atoms with van der Waals surface area (Å²) in [5, 5.41) is 3.06. The first-order valence-electron chi connectivity index (χ1n) is 4.76. The van der Waals surface area contributed by atoms with E-state index in [0.717, 1.165) is 18.1 Å². The van der Waals surface area contributed by atoms with E-state index in [2.05, 4.69) is 10.3 Å². The van der Waals surface area contributed by atoms with Gasteiger partial charge in [-0.1, -0.05) is 6.07 Å². The minimum absolute atomic E-state index is 0.148. The van der Waals surface area contributed by atoms with Gasteiger partial charge in [-0.3, -0.25) is 0 Å². The third-order valence-corrected chi connectivity index (χ3v) is 2.69. The molecule has 0 saturated carbocycles. The number of nitrogens with one attached hydrogen (secondary N) is 1. The van der Waals surface area contributed by atoms with Crippen LogP contribution >= 0.6 is 0 Å². The van der Waals surface area contributed by atoms with Crippen molar-refractivity contribution in [2.75, 3.05) is 7.05 Å². The summed E-state index contributed by atoms with van der Waals surface area (Å²) in [5.74, 6) is 0.